The van der Waals surface area contributed by atoms with Gasteiger partial charge in [-0.05, 0) is 47.2 Å². The summed E-state index contributed by atoms with van der Waals surface area (Å²) in [5, 5.41) is 3.10. The highest BCUT2D eigenvalue weighted by Crippen LogP contribution is 2.17. The summed E-state index contributed by atoms with van der Waals surface area (Å²) in [5.74, 6) is -0.169. The molecule has 1 saturated heterocycles. The van der Waals surface area contributed by atoms with Crippen molar-refractivity contribution in [3.8, 4) is 0 Å². The van der Waals surface area contributed by atoms with E-state index in [1.807, 2.05) is 20.9 Å². The number of rotatable bonds is 7. The molecule has 19 heavy (non-hydrogen) atoms. The average Bonchev–Trinajstić information content (AvgIpc) is 2.45. The minimum atomic E-state index is -0.602. The summed E-state index contributed by atoms with van der Waals surface area (Å²) in [6, 6.07) is 0.567. The van der Waals surface area contributed by atoms with Gasteiger partial charge in [0.1, 0.15) is 5.54 Å². The Balaban J connectivity index is 2.45. The fraction of sp³-hybridized carbons (Fsp3) is 0.929. The van der Waals surface area contributed by atoms with Crippen LogP contribution >= 0.6 is 0 Å². The van der Waals surface area contributed by atoms with Crippen LogP contribution in [0.3, 0.4) is 0 Å². The van der Waals surface area contributed by atoms with Crippen LogP contribution in [0.25, 0.3) is 0 Å². The number of esters is 1. The summed E-state index contributed by atoms with van der Waals surface area (Å²) in [7, 11) is 3.93. The van der Waals surface area contributed by atoms with Crippen molar-refractivity contribution in [3.05, 3.63) is 0 Å². The summed E-state index contributed by atoms with van der Waals surface area (Å²) in [4.78, 5) is 14.3. The molecule has 1 atom stereocenters. The Labute approximate surface area is 116 Å². The van der Waals surface area contributed by atoms with E-state index in [-0.39, 0.29) is 5.97 Å². The molecular formula is C14H28N2O3. The fourth-order valence-corrected chi connectivity index (χ4v) is 2.33. The van der Waals surface area contributed by atoms with Crippen molar-refractivity contribution in [3.63, 3.8) is 0 Å². The van der Waals surface area contributed by atoms with E-state index < -0.39 is 5.54 Å². The minimum Gasteiger partial charge on any atom is -0.465 e. The van der Waals surface area contributed by atoms with Gasteiger partial charge in [0.2, 0.25) is 0 Å². The van der Waals surface area contributed by atoms with Crippen LogP contribution in [0.15, 0.2) is 0 Å². The zero-order valence-electron chi connectivity index (χ0n) is 12.7. The first-order valence-electron chi connectivity index (χ1n) is 7.17. The van der Waals surface area contributed by atoms with Crippen molar-refractivity contribution < 1.29 is 14.3 Å². The van der Waals surface area contributed by atoms with E-state index in [2.05, 4.69) is 17.3 Å². The van der Waals surface area contributed by atoms with Gasteiger partial charge in [0.15, 0.2) is 0 Å². The van der Waals surface area contributed by atoms with Crippen LogP contribution in [-0.2, 0) is 14.3 Å². The first-order valence-corrected chi connectivity index (χ1v) is 7.17. The fourth-order valence-electron chi connectivity index (χ4n) is 2.33. The predicted octanol–water partition coefficient (Wildman–Crippen LogP) is 1.03. The van der Waals surface area contributed by atoms with E-state index in [0.29, 0.717) is 12.6 Å². The molecule has 1 heterocycles. The number of ether oxygens (including phenoxy) is 2. The lowest BCUT2D eigenvalue weighted by atomic mass is 9.97. The molecular weight excluding hydrogens is 244 g/mol. The van der Waals surface area contributed by atoms with E-state index in [0.717, 1.165) is 39.0 Å². The number of likely N-dealkylation sites (N-methyl/N-ethyl adjacent to an activating group) is 1. The molecule has 0 aromatic rings. The number of hydrogen-bond donors (Lipinski definition) is 1. The van der Waals surface area contributed by atoms with Crippen molar-refractivity contribution in [2.45, 2.75) is 44.7 Å². The molecule has 5 heteroatoms. The summed E-state index contributed by atoms with van der Waals surface area (Å²) in [6.45, 7) is 6.73. The van der Waals surface area contributed by atoms with Gasteiger partial charge in [0.25, 0.3) is 0 Å². The summed E-state index contributed by atoms with van der Waals surface area (Å²) >= 11 is 0. The SMILES string of the molecule is CCOC(=O)C(C)(CCN(C)C1CCOCC1)NC. The van der Waals surface area contributed by atoms with Crippen molar-refractivity contribution in [1.82, 2.24) is 10.2 Å². The first-order chi connectivity index (χ1) is 9.03. The molecule has 0 radical (unpaired) electrons. The van der Waals surface area contributed by atoms with E-state index in [1.54, 1.807) is 0 Å². The van der Waals surface area contributed by atoms with E-state index in [9.17, 15) is 4.79 Å². The third kappa shape index (κ3) is 4.75. The van der Waals surface area contributed by atoms with Crippen LogP contribution in [0.4, 0.5) is 0 Å². The summed E-state index contributed by atoms with van der Waals surface area (Å²) in [5.41, 5.74) is -0.602. The van der Waals surface area contributed by atoms with Crippen LogP contribution in [-0.4, -0.2) is 62.9 Å². The molecule has 0 aromatic carbocycles. The van der Waals surface area contributed by atoms with Gasteiger partial charge >= 0.3 is 5.97 Å². The van der Waals surface area contributed by atoms with Crippen molar-refractivity contribution in [2.24, 2.45) is 0 Å². The predicted molar refractivity (Wildman–Crippen MR) is 75.2 cm³/mol. The maximum atomic E-state index is 12.0. The molecule has 1 fully saturated rings. The van der Waals surface area contributed by atoms with Crippen LogP contribution in [0.2, 0.25) is 0 Å². The lowest BCUT2D eigenvalue weighted by molar-refractivity contribution is -0.150. The van der Waals surface area contributed by atoms with Gasteiger partial charge in [-0.3, -0.25) is 4.79 Å². The normalized spacial score (nSPS) is 20.3. The lowest BCUT2D eigenvalue weighted by Gasteiger charge is -2.34. The third-order valence-electron chi connectivity index (χ3n) is 4.06. The maximum Gasteiger partial charge on any atom is 0.326 e. The van der Waals surface area contributed by atoms with Crippen molar-refractivity contribution >= 4 is 5.97 Å². The third-order valence-corrected chi connectivity index (χ3v) is 4.06. The summed E-state index contributed by atoms with van der Waals surface area (Å²) in [6.07, 6.45) is 2.90. The van der Waals surface area contributed by atoms with Crippen molar-refractivity contribution in [1.29, 1.82) is 0 Å². The monoisotopic (exact) mass is 272 g/mol. The Bertz CT molecular complexity index is 280. The van der Waals surface area contributed by atoms with Gasteiger partial charge in [0.05, 0.1) is 6.61 Å². The zero-order valence-corrected chi connectivity index (χ0v) is 12.7. The molecule has 112 valence electrons. The summed E-state index contributed by atoms with van der Waals surface area (Å²) < 4.78 is 10.5. The van der Waals surface area contributed by atoms with Gasteiger partial charge in [-0.25, -0.2) is 0 Å². The number of nitrogens with one attached hydrogen (secondary N) is 1. The molecule has 1 N–H and O–H groups in total. The average molecular weight is 272 g/mol. The molecule has 0 aromatic heterocycles. The van der Waals surface area contributed by atoms with Crippen LogP contribution < -0.4 is 5.32 Å². The standard InChI is InChI=1S/C14H28N2O3/c1-5-19-13(17)14(2,15-3)8-9-16(4)12-6-10-18-11-7-12/h12,15H,5-11H2,1-4H3. The number of hydrogen-bond acceptors (Lipinski definition) is 5. The zero-order chi connectivity index (χ0) is 14.3. The van der Waals surface area contributed by atoms with Crippen LogP contribution in [0, 0.1) is 0 Å². The van der Waals surface area contributed by atoms with Gasteiger partial charge in [-0.15, -0.1) is 0 Å². The Morgan fingerprint density at radius 3 is 2.63 bits per heavy atom. The Morgan fingerprint density at radius 2 is 2.11 bits per heavy atom. The largest absolute Gasteiger partial charge is 0.465 e. The van der Waals surface area contributed by atoms with E-state index in [4.69, 9.17) is 9.47 Å². The molecule has 0 aliphatic carbocycles. The molecule has 0 saturated carbocycles. The molecule has 1 aliphatic rings. The highest BCUT2D eigenvalue weighted by molar-refractivity contribution is 5.80. The number of carbonyl (C=O) groups is 1. The highest BCUT2D eigenvalue weighted by atomic mass is 16.5. The van der Waals surface area contributed by atoms with Crippen LogP contribution in [0.1, 0.15) is 33.1 Å². The molecule has 0 bridgehead atoms. The molecule has 1 rings (SSSR count). The van der Waals surface area contributed by atoms with Gasteiger partial charge < -0.3 is 19.7 Å². The molecule has 1 unspecified atom stereocenters. The molecule has 0 spiro atoms. The van der Waals surface area contributed by atoms with E-state index in [1.165, 1.54) is 0 Å². The Morgan fingerprint density at radius 1 is 1.47 bits per heavy atom. The molecule has 0 amide bonds. The highest BCUT2D eigenvalue weighted by Gasteiger charge is 2.33. The number of nitrogens with zero attached hydrogens (tertiary/aromatic N) is 1. The first kappa shape index (κ1) is 16.4. The second-order valence-electron chi connectivity index (χ2n) is 5.38. The Kier molecular flexibility index (Phi) is 6.75. The minimum absolute atomic E-state index is 0.169. The molecule has 1 aliphatic heterocycles. The van der Waals surface area contributed by atoms with Crippen molar-refractivity contribution in [2.75, 3.05) is 40.5 Å². The quantitative estimate of drug-likeness (QED) is 0.702. The van der Waals surface area contributed by atoms with Crippen LogP contribution in [0.5, 0.6) is 0 Å². The second-order valence-corrected chi connectivity index (χ2v) is 5.38. The smallest absolute Gasteiger partial charge is 0.326 e. The second kappa shape index (κ2) is 7.82. The topological polar surface area (TPSA) is 50.8 Å². The maximum absolute atomic E-state index is 12.0. The Hall–Kier alpha value is -0.650. The van der Waals surface area contributed by atoms with Gasteiger partial charge in [-0.1, -0.05) is 0 Å². The van der Waals surface area contributed by atoms with Gasteiger partial charge in [0, 0.05) is 25.8 Å². The van der Waals surface area contributed by atoms with E-state index >= 15 is 0 Å². The van der Waals surface area contributed by atoms with Gasteiger partial charge in [-0.2, -0.15) is 0 Å². The lowest BCUT2D eigenvalue weighted by Crippen LogP contribution is -2.51. The number of carbonyl (C=O) groups excluding carboxylic acids is 1. The molecule has 5 nitrogen and oxygen atoms in total.